The summed E-state index contributed by atoms with van der Waals surface area (Å²) in [7, 11) is 0. The van der Waals surface area contributed by atoms with Crippen molar-refractivity contribution in [3.8, 4) is 0 Å². The van der Waals surface area contributed by atoms with Crippen LogP contribution in [0.2, 0.25) is 0 Å². The van der Waals surface area contributed by atoms with E-state index in [1.165, 1.54) is 12.1 Å². The van der Waals surface area contributed by atoms with Gasteiger partial charge >= 0.3 is 5.97 Å². The van der Waals surface area contributed by atoms with E-state index in [4.69, 9.17) is 4.74 Å². The minimum absolute atomic E-state index is 0.0103. The van der Waals surface area contributed by atoms with E-state index < -0.39 is 10.9 Å². The average Bonchev–Trinajstić information content (AvgIpc) is 2.30. The van der Waals surface area contributed by atoms with Gasteiger partial charge in [-0.25, -0.2) is 4.79 Å². The number of benzene rings is 1. The van der Waals surface area contributed by atoms with Gasteiger partial charge in [0.2, 0.25) is 0 Å². The van der Waals surface area contributed by atoms with Crippen LogP contribution < -0.4 is 0 Å². The van der Waals surface area contributed by atoms with Gasteiger partial charge in [0.1, 0.15) is 0 Å². The van der Waals surface area contributed by atoms with Crippen LogP contribution in [-0.2, 0) is 9.53 Å². The van der Waals surface area contributed by atoms with Crippen LogP contribution in [0.3, 0.4) is 0 Å². The second kappa shape index (κ2) is 6.05. The lowest BCUT2D eigenvalue weighted by atomic mass is 10.3. The molecule has 17 heavy (non-hydrogen) atoms. The van der Waals surface area contributed by atoms with E-state index in [1.807, 2.05) is 0 Å². The molecular weight excluding hydrogens is 242 g/mol. The molecule has 5 nitrogen and oxygen atoms in total. The van der Waals surface area contributed by atoms with Crippen LogP contribution >= 0.6 is 11.8 Å². The van der Waals surface area contributed by atoms with Crippen LogP contribution in [0, 0.1) is 10.1 Å². The molecule has 0 bridgehead atoms. The highest BCUT2D eigenvalue weighted by atomic mass is 32.2. The Balaban J connectivity index is 2.66. The normalized spacial score (nSPS) is 9.71. The van der Waals surface area contributed by atoms with E-state index in [-0.39, 0.29) is 10.6 Å². The number of hydrogen-bond donors (Lipinski definition) is 0. The van der Waals surface area contributed by atoms with Crippen LogP contribution in [0.25, 0.3) is 0 Å². The lowest BCUT2D eigenvalue weighted by Crippen LogP contribution is -2.03. The van der Waals surface area contributed by atoms with Crippen molar-refractivity contribution >= 4 is 23.4 Å². The van der Waals surface area contributed by atoms with Gasteiger partial charge in [0.15, 0.2) is 0 Å². The van der Waals surface area contributed by atoms with Crippen LogP contribution in [0.15, 0.2) is 40.6 Å². The van der Waals surface area contributed by atoms with Gasteiger partial charge in [0, 0.05) is 17.0 Å². The summed E-state index contributed by atoms with van der Waals surface area (Å²) >= 11 is 1.12. The SMILES string of the molecule is C=C(Sc1ccc([N+](=O)[O-])cc1)C(=O)OCC. The van der Waals surface area contributed by atoms with E-state index in [0.717, 1.165) is 11.8 Å². The molecule has 0 saturated heterocycles. The number of carbonyl (C=O) groups excluding carboxylic acids is 1. The Morgan fingerprint density at radius 2 is 2.06 bits per heavy atom. The van der Waals surface area contributed by atoms with E-state index >= 15 is 0 Å². The molecule has 0 spiro atoms. The van der Waals surface area contributed by atoms with Crippen molar-refractivity contribution in [1.82, 2.24) is 0 Å². The molecule has 1 rings (SSSR count). The van der Waals surface area contributed by atoms with Gasteiger partial charge in [-0.3, -0.25) is 10.1 Å². The number of carbonyl (C=O) groups is 1. The van der Waals surface area contributed by atoms with Gasteiger partial charge in [0.25, 0.3) is 5.69 Å². The van der Waals surface area contributed by atoms with Gasteiger partial charge in [-0.05, 0) is 19.1 Å². The third-order valence-corrected chi connectivity index (χ3v) is 2.71. The lowest BCUT2D eigenvalue weighted by molar-refractivity contribution is -0.384. The van der Waals surface area contributed by atoms with Crippen molar-refractivity contribution in [1.29, 1.82) is 0 Å². The second-order valence-electron chi connectivity index (χ2n) is 3.00. The molecule has 0 N–H and O–H groups in total. The molecule has 0 unspecified atom stereocenters. The fraction of sp³-hybridized carbons (Fsp3) is 0.182. The topological polar surface area (TPSA) is 69.4 Å². The molecular formula is C11H11NO4S. The summed E-state index contributed by atoms with van der Waals surface area (Å²) in [6, 6.07) is 5.88. The number of hydrogen-bond acceptors (Lipinski definition) is 5. The van der Waals surface area contributed by atoms with Crippen molar-refractivity contribution in [2.45, 2.75) is 11.8 Å². The first kappa shape index (κ1) is 13.2. The van der Waals surface area contributed by atoms with Crippen LogP contribution in [0.1, 0.15) is 6.92 Å². The third kappa shape index (κ3) is 3.92. The maximum Gasteiger partial charge on any atom is 0.344 e. The first-order chi connectivity index (χ1) is 8.04. The van der Waals surface area contributed by atoms with Crippen molar-refractivity contribution in [3.63, 3.8) is 0 Å². The lowest BCUT2D eigenvalue weighted by Gasteiger charge is -2.04. The van der Waals surface area contributed by atoms with Crippen molar-refractivity contribution in [3.05, 3.63) is 45.9 Å². The molecule has 1 aromatic rings. The second-order valence-corrected chi connectivity index (χ2v) is 4.17. The smallest absolute Gasteiger partial charge is 0.344 e. The molecule has 0 atom stereocenters. The van der Waals surface area contributed by atoms with Gasteiger partial charge in [-0.15, -0.1) is 0 Å². The first-order valence-corrected chi connectivity index (χ1v) is 5.64. The van der Waals surface area contributed by atoms with Gasteiger partial charge in [-0.2, -0.15) is 0 Å². The van der Waals surface area contributed by atoms with E-state index in [1.54, 1.807) is 19.1 Å². The molecule has 0 aliphatic rings. The number of non-ortho nitro benzene ring substituents is 1. The number of rotatable bonds is 5. The van der Waals surface area contributed by atoms with Gasteiger partial charge < -0.3 is 4.74 Å². The van der Waals surface area contributed by atoms with Crippen molar-refractivity contribution < 1.29 is 14.5 Å². The number of nitrogens with zero attached hydrogens (tertiary/aromatic N) is 1. The summed E-state index contributed by atoms with van der Waals surface area (Å²) < 4.78 is 4.77. The summed E-state index contributed by atoms with van der Waals surface area (Å²) in [4.78, 5) is 22.2. The number of nitro groups is 1. The summed E-state index contributed by atoms with van der Waals surface area (Å²) in [5.41, 5.74) is 0.0103. The Morgan fingerprint density at radius 3 is 2.53 bits per heavy atom. The molecule has 0 aliphatic carbocycles. The minimum Gasteiger partial charge on any atom is -0.462 e. The molecule has 0 saturated carbocycles. The van der Waals surface area contributed by atoms with Crippen LogP contribution in [-0.4, -0.2) is 17.5 Å². The van der Waals surface area contributed by atoms with Gasteiger partial charge in [0.05, 0.1) is 16.4 Å². The largest absolute Gasteiger partial charge is 0.462 e. The monoisotopic (exact) mass is 253 g/mol. The van der Waals surface area contributed by atoms with Crippen molar-refractivity contribution in [2.75, 3.05) is 6.61 Å². The fourth-order valence-corrected chi connectivity index (χ4v) is 1.73. The Morgan fingerprint density at radius 1 is 1.47 bits per heavy atom. The highest BCUT2D eigenvalue weighted by molar-refractivity contribution is 8.04. The summed E-state index contributed by atoms with van der Waals surface area (Å²) in [5.74, 6) is -0.476. The summed E-state index contributed by atoms with van der Waals surface area (Å²) in [6.07, 6.45) is 0. The Bertz CT molecular complexity index is 441. The van der Waals surface area contributed by atoms with Gasteiger partial charge in [-0.1, -0.05) is 18.3 Å². The quantitative estimate of drug-likeness (QED) is 0.265. The molecule has 90 valence electrons. The summed E-state index contributed by atoms with van der Waals surface area (Å²) in [5, 5.41) is 10.4. The summed E-state index contributed by atoms with van der Waals surface area (Å²) in [6.45, 7) is 5.58. The molecule has 1 aromatic carbocycles. The number of thioether (sulfide) groups is 1. The Kier molecular flexibility index (Phi) is 4.71. The molecule has 0 fully saturated rings. The fourth-order valence-electron chi connectivity index (χ4n) is 1.03. The predicted molar refractivity (Wildman–Crippen MR) is 64.7 cm³/mol. The number of nitro benzene ring substituents is 1. The molecule has 6 heteroatoms. The Labute approximate surface area is 103 Å². The van der Waals surface area contributed by atoms with E-state index in [0.29, 0.717) is 11.5 Å². The van der Waals surface area contributed by atoms with E-state index in [9.17, 15) is 14.9 Å². The average molecular weight is 253 g/mol. The first-order valence-electron chi connectivity index (χ1n) is 4.83. The zero-order chi connectivity index (χ0) is 12.8. The maximum atomic E-state index is 11.3. The number of esters is 1. The Hall–Kier alpha value is -1.82. The molecule has 0 amide bonds. The molecule has 0 radical (unpaired) electrons. The van der Waals surface area contributed by atoms with Crippen LogP contribution in [0.5, 0.6) is 0 Å². The number of ether oxygens (including phenoxy) is 1. The maximum absolute atomic E-state index is 11.3. The zero-order valence-electron chi connectivity index (χ0n) is 9.21. The predicted octanol–water partition coefficient (Wildman–Crippen LogP) is 2.76. The highest BCUT2D eigenvalue weighted by Crippen LogP contribution is 2.27. The molecule has 0 aliphatic heterocycles. The third-order valence-electron chi connectivity index (χ3n) is 1.79. The zero-order valence-corrected chi connectivity index (χ0v) is 10.0. The van der Waals surface area contributed by atoms with E-state index in [2.05, 4.69) is 6.58 Å². The van der Waals surface area contributed by atoms with Crippen molar-refractivity contribution in [2.24, 2.45) is 0 Å². The molecule has 0 aromatic heterocycles. The highest BCUT2D eigenvalue weighted by Gasteiger charge is 2.10. The minimum atomic E-state index is -0.478. The van der Waals surface area contributed by atoms with Crippen LogP contribution in [0.4, 0.5) is 5.69 Å². The molecule has 0 heterocycles. The standard InChI is InChI=1S/C11H11NO4S/c1-3-16-11(13)8(2)17-10-6-4-9(5-7-10)12(14)15/h4-7H,2-3H2,1H3.